The Bertz CT molecular complexity index is 719. The number of benzene rings is 2. The van der Waals surface area contributed by atoms with Crippen LogP contribution < -0.4 is 9.64 Å². The summed E-state index contributed by atoms with van der Waals surface area (Å²) in [6.07, 6.45) is 3.57. The first-order valence-corrected chi connectivity index (χ1v) is 8.32. The Morgan fingerprint density at radius 2 is 1.92 bits per heavy atom. The lowest BCUT2D eigenvalue weighted by atomic mass is 10.2. The average molecular weight is 323 g/mol. The van der Waals surface area contributed by atoms with Crippen LogP contribution in [0, 0.1) is 6.92 Å². The number of rotatable bonds is 6. The molecule has 0 N–H and O–H groups in total. The van der Waals surface area contributed by atoms with Crippen LogP contribution in [0.2, 0.25) is 0 Å². The minimum Gasteiger partial charge on any atom is -0.491 e. The van der Waals surface area contributed by atoms with Gasteiger partial charge < -0.3 is 9.64 Å². The number of amides is 1. The minimum absolute atomic E-state index is 0.0294. The molecule has 0 aliphatic heterocycles. The van der Waals surface area contributed by atoms with Crippen LogP contribution in [0.25, 0.3) is 6.08 Å². The van der Waals surface area contributed by atoms with Crippen molar-refractivity contribution in [2.75, 3.05) is 11.4 Å². The first kappa shape index (κ1) is 17.8. The molecular weight excluding hydrogens is 298 g/mol. The summed E-state index contributed by atoms with van der Waals surface area (Å²) >= 11 is 0. The van der Waals surface area contributed by atoms with E-state index in [1.165, 1.54) is 0 Å². The summed E-state index contributed by atoms with van der Waals surface area (Å²) in [6, 6.07) is 15.7. The van der Waals surface area contributed by atoms with Crippen molar-refractivity contribution < 1.29 is 9.53 Å². The summed E-state index contributed by atoms with van der Waals surface area (Å²) in [4.78, 5) is 14.3. The molecule has 24 heavy (non-hydrogen) atoms. The highest BCUT2D eigenvalue weighted by atomic mass is 16.5. The summed E-state index contributed by atoms with van der Waals surface area (Å²) in [6.45, 7) is 8.62. The third-order valence-electron chi connectivity index (χ3n) is 3.54. The molecule has 2 aromatic carbocycles. The van der Waals surface area contributed by atoms with Crippen molar-refractivity contribution in [3.8, 4) is 5.75 Å². The van der Waals surface area contributed by atoms with Gasteiger partial charge in [-0.2, -0.15) is 0 Å². The van der Waals surface area contributed by atoms with Gasteiger partial charge in [0.15, 0.2) is 0 Å². The number of aryl methyl sites for hydroxylation is 1. The predicted molar refractivity (Wildman–Crippen MR) is 100 cm³/mol. The highest BCUT2D eigenvalue weighted by molar-refractivity contribution is 6.03. The van der Waals surface area contributed by atoms with Crippen LogP contribution in [0.5, 0.6) is 5.75 Å². The summed E-state index contributed by atoms with van der Waals surface area (Å²) in [5.74, 6) is 0.781. The van der Waals surface area contributed by atoms with Gasteiger partial charge in [-0.15, -0.1) is 0 Å². The molecule has 0 bridgehead atoms. The van der Waals surface area contributed by atoms with Gasteiger partial charge in [-0.3, -0.25) is 4.79 Å². The molecule has 2 rings (SSSR count). The molecule has 0 radical (unpaired) electrons. The Labute approximate surface area is 144 Å². The Balaban J connectivity index is 2.14. The molecule has 2 aromatic rings. The van der Waals surface area contributed by atoms with Crippen LogP contribution in [0.15, 0.2) is 54.6 Å². The number of hydrogen-bond donors (Lipinski definition) is 0. The number of carbonyl (C=O) groups excluding carboxylic acids is 1. The van der Waals surface area contributed by atoms with Crippen LogP contribution in [-0.4, -0.2) is 18.6 Å². The number of hydrogen-bond acceptors (Lipinski definition) is 2. The van der Waals surface area contributed by atoms with E-state index in [-0.39, 0.29) is 12.0 Å². The van der Waals surface area contributed by atoms with Gasteiger partial charge in [0, 0.05) is 18.3 Å². The molecule has 0 atom stereocenters. The molecule has 126 valence electrons. The monoisotopic (exact) mass is 323 g/mol. The van der Waals surface area contributed by atoms with Crippen molar-refractivity contribution in [3.63, 3.8) is 0 Å². The number of nitrogens with zero attached hydrogens (tertiary/aromatic N) is 1. The highest BCUT2D eigenvalue weighted by Gasteiger charge is 2.10. The van der Waals surface area contributed by atoms with Crippen LogP contribution >= 0.6 is 0 Å². The fourth-order valence-corrected chi connectivity index (χ4v) is 2.48. The topological polar surface area (TPSA) is 29.5 Å². The third-order valence-corrected chi connectivity index (χ3v) is 3.54. The van der Waals surface area contributed by atoms with Crippen LogP contribution in [0.3, 0.4) is 0 Å². The zero-order chi connectivity index (χ0) is 17.5. The van der Waals surface area contributed by atoms with Crippen LogP contribution in [0.4, 0.5) is 5.69 Å². The quantitative estimate of drug-likeness (QED) is 0.711. The lowest BCUT2D eigenvalue weighted by Crippen LogP contribution is -2.28. The van der Waals surface area contributed by atoms with Gasteiger partial charge in [0.25, 0.3) is 5.91 Å². The molecule has 0 saturated heterocycles. The Morgan fingerprint density at radius 1 is 1.17 bits per heavy atom. The van der Waals surface area contributed by atoms with E-state index < -0.39 is 0 Å². The lowest BCUT2D eigenvalue weighted by molar-refractivity contribution is -0.114. The van der Waals surface area contributed by atoms with Crippen molar-refractivity contribution in [2.45, 2.75) is 33.8 Å². The van der Waals surface area contributed by atoms with E-state index in [1.54, 1.807) is 11.0 Å². The SMILES string of the molecule is CCN(C(=O)/C=C/c1cccc(OC(C)C)c1)c1cccc(C)c1. The largest absolute Gasteiger partial charge is 0.491 e. The molecule has 0 saturated carbocycles. The lowest BCUT2D eigenvalue weighted by Gasteiger charge is -2.19. The maximum atomic E-state index is 12.5. The van der Waals surface area contributed by atoms with E-state index in [2.05, 4.69) is 0 Å². The summed E-state index contributed by atoms with van der Waals surface area (Å²) in [5.41, 5.74) is 3.01. The molecule has 1 amide bonds. The summed E-state index contributed by atoms with van der Waals surface area (Å²) in [7, 11) is 0. The Hall–Kier alpha value is -2.55. The molecule has 0 aromatic heterocycles. The average Bonchev–Trinajstić information content (AvgIpc) is 2.53. The Morgan fingerprint density at radius 3 is 2.58 bits per heavy atom. The smallest absolute Gasteiger partial charge is 0.250 e. The molecule has 0 aliphatic carbocycles. The van der Waals surface area contributed by atoms with Crippen LogP contribution in [0.1, 0.15) is 31.9 Å². The molecule has 3 nitrogen and oxygen atoms in total. The molecule has 0 heterocycles. The van der Waals surface area contributed by atoms with E-state index >= 15 is 0 Å². The molecule has 0 fully saturated rings. The zero-order valence-electron chi connectivity index (χ0n) is 14.8. The maximum Gasteiger partial charge on any atom is 0.250 e. The van der Waals surface area contributed by atoms with Crippen molar-refractivity contribution in [1.82, 2.24) is 0 Å². The van der Waals surface area contributed by atoms with Gasteiger partial charge in [-0.1, -0.05) is 24.3 Å². The summed E-state index contributed by atoms with van der Waals surface area (Å²) in [5, 5.41) is 0. The Kier molecular flexibility index (Phi) is 6.19. The number of likely N-dealkylation sites (N-methyl/N-ethyl adjacent to an activating group) is 1. The molecule has 0 aliphatic rings. The molecular formula is C21H25NO2. The normalized spacial score (nSPS) is 11.0. The maximum absolute atomic E-state index is 12.5. The van der Waals surface area contributed by atoms with Gasteiger partial charge in [-0.25, -0.2) is 0 Å². The van der Waals surface area contributed by atoms with Crippen molar-refractivity contribution in [2.24, 2.45) is 0 Å². The van der Waals surface area contributed by atoms with E-state index in [1.807, 2.05) is 82.3 Å². The predicted octanol–water partition coefficient (Wildman–Crippen LogP) is 4.85. The second-order valence-corrected chi connectivity index (χ2v) is 5.99. The number of ether oxygens (including phenoxy) is 1. The van der Waals surface area contributed by atoms with Gasteiger partial charge in [0.1, 0.15) is 5.75 Å². The summed E-state index contributed by atoms with van der Waals surface area (Å²) < 4.78 is 5.68. The minimum atomic E-state index is -0.0294. The standard InChI is InChI=1S/C21H25NO2/c1-5-22(19-10-6-8-17(4)14-19)21(23)13-12-18-9-7-11-20(15-18)24-16(2)3/h6-16H,5H2,1-4H3/b13-12+. The second kappa shape index (κ2) is 8.34. The third kappa shape index (κ3) is 4.98. The van der Waals surface area contributed by atoms with Crippen LogP contribution in [-0.2, 0) is 4.79 Å². The molecule has 3 heteroatoms. The van der Waals surface area contributed by atoms with Gasteiger partial charge >= 0.3 is 0 Å². The molecule has 0 unspecified atom stereocenters. The fraction of sp³-hybridized carbons (Fsp3) is 0.286. The molecule has 0 spiro atoms. The van der Waals surface area contributed by atoms with E-state index in [9.17, 15) is 4.79 Å². The second-order valence-electron chi connectivity index (χ2n) is 5.99. The fourth-order valence-electron chi connectivity index (χ4n) is 2.48. The van der Waals surface area contributed by atoms with E-state index in [0.717, 1.165) is 22.6 Å². The number of anilines is 1. The van der Waals surface area contributed by atoms with E-state index in [4.69, 9.17) is 4.74 Å². The van der Waals surface area contributed by atoms with Gasteiger partial charge in [0.05, 0.1) is 6.10 Å². The van der Waals surface area contributed by atoms with Crippen molar-refractivity contribution in [3.05, 3.63) is 65.7 Å². The van der Waals surface area contributed by atoms with Gasteiger partial charge in [0.2, 0.25) is 0 Å². The van der Waals surface area contributed by atoms with Crippen molar-refractivity contribution in [1.29, 1.82) is 0 Å². The van der Waals surface area contributed by atoms with E-state index in [0.29, 0.717) is 6.54 Å². The zero-order valence-corrected chi connectivity index (χ0v) is 14.8. The first-order valence-electron chi connectivity index (χ1n) is 8.32. The van der Waals surface area contributed by atoms with Crippen molar-refractivity contribution >= 4 is 17.7 Å². The highest BCUT2D eigenvalue weighted by Crippen LogP contribution is 2.18. The number of carbonyl (C=O) groups is 1. The van der Waals surface area contributed by atoms with Gasteiger partial charge in [-0.05, 0) is 69.2 Å². The first-order chi connectivity index (χ1) is 11.5.